The van der Waals surface area contributed by atoms with Gasteiger partial charge in [-0.2, -0.15) is 4.39 Å². The first kappa shape index (κ1) is 12.8. The van der Waals surface area contributed by atoms with Crippen LogP contribution in [0.3, 0.4) is 0 Å². The lowest BCUT2D eigenvalue weighted by Gasteiger charge is -2.07. The Morgan fingerprint density at radius 1 is 1.17 bits per heavy atom. The number of carboxylic acids is 1. The maximum Gasteiger partial charge on any atom is 0.340 e. The predicted molar refractivity (Wildman–Crippen MR) is 66.6 cm³/mol. The molecule has 0 fully saturated rings. The van der Waals surface area contributed by atoms with Gasteiger partial charge in [-0.25, -0.2) is 9.78 Å². The van der Waals surface area contributed by atoms with Crippen molar-refractivity contribution in [2.24, 2.45) is 0 Å². The fraction of sp³-hybridized carbons (Fsp3) is 0. The number of benzene rings is 1. The fourth-order valence-electron chi connectivity index (χ4n) is 1.48. The molecule has 0 aliphatic heterocycles. The first-order chi connectivity index (χ1) is 8.50. The van der Waals surface area contributed by atoms with Gasteiger partial charge < -0.3 is 5.11 Å². The van der Waals surface area contributed by atoms with Crippen LogP contribution in [0.15, 0.2) is 30.3 Å². The zero-order valence-corrected chi connectivity index (χ0v) is 10.3. The highest BCUT2D eigenvalue weighted by atomic mass is 35.5. The van der Waals surface area contributed by atoms with E-state index in [1.807, 2.05) is 0 Å². The summed E-state index contributed by atoms with van der Waals surface area (Å²) in [6, 6.07) is 7.32. The van der Waals surface area contributed by atoms with Crippen LogP contribution in [0.1, 0.15) is 10.4 Å². The summed E-state index contributed by atoms with van der Waals surface area (Å²) in [4.78, 5) is 14.2. The lowest BCUT2D eigenvalue weighted by Crippen LogP contribution is -2.03. The van der Waals surface area contributed by atoms with Crippen molar-refractivity contribution in [3.8, 4) is 11.3 Å². The maximum absolute atomic E-state index is 13.5. The van der Waals surface area contributed by atoms with Gasteiger partial charge in [0.2, 0.25) is 5.95 Å². The third-order valence-electron chi connectivity index (χ3n) is 2.30. The van der Waals surface area contributed by atoms with Gasteiger partial charge in [-0.1, -0.05) is 29.3 Å². The lowest BCUT2D eigenvalue weighted by atomic mass is 10.1. The Hall–Kier alpha value is -1.65. The van der Waals surface area contributed by atoms with Crippen LogP contribution in [-0.2, 0) is 0 Å². The van der Waals surface area contributed by atoms with Crippen LogP contribution >= 0.6 is 23.2 Å². The van der Waals surface area contributed by atoms with Crippen molar-refractivity contribution in [3.05, 3.63) is 51.9 Å². The molecule has 0 bridgehead atoms. The van der Waals surface area contributed by atoms with Gasteiger partial charge in [0.25, 0.3) is 0 Å². The summed E-state index contributed by atoms with van der Waals surface area (Å²) in [5.41, 5.74) is 0.0618. The minimum Gasteiger partial charge on any atom is -0.478 e. The fourth-order valence-corrected chi connectivity index (χ4v) is 2.07. The molecule has 2 rings (SSSR count). The molecule has 0 radical (unpaired) electrons. The molecule has 0 unspecified atom stereocenters. The summed E-state index contributed by atoms with van der Waals surface area (Å²) in [6.07, 6.45) is 0. The van der Waals surface area contributed by atoms with Crippen molar-refractivity contribution in [1.29, 1.82) is 0 Å². The van der Waals surface area contributed by atoms with Crippen LogP contribution in [0, 0.1) is 5.95 Å². The van der Waals surface area contributed by atoms with Crippen LogP contribution < -0.4 is 0 Å². The summed E-state index contributed by atoms with van der Waals surface area (Å²) < 4.78 is 13.5. The molecule has 0 spiro atoms. The van der Waals surface area contributed by atoms with Crippen molar-refractivity contribution >= 4 is 29.2 Å². The van der Waals surface area contributed by atoms with Crippen LogP contribution in [0.25, 0.3) is 11.3 Å². The second kappa shape index (κ2) is 4.92. The molecule has 3 nitrogen and oxygen atoms in total. The van der Waals surface area contributed by atoms with E-state index in [1.54, 1.807) is 18.2 Å². The highest BCUT2D eigenvalue weighted by Gasteiger charge is 2.15. The Kier molecular flexibility index (Phi) is 3.50. The maximum atomic E-state index is 13.5. The number of halogens is 3. The standard InChI is InChI=1S/C12H6Cl2FNO2/c13-7-2-1-3-8(14)10(7)9-5-4-6(12(17)18)11(15)16-9/h1-5H,(H,17,18). The first-order valence-corrected chi connectivity index (χ1v) is 5.60. The first-order valence-electron chi connectivity index (χ1n) is 4.85. The van der Waals surface area contributed by atoms with E-state index in [0.29, 0.717) is 15.6 Å². The Bertz CT molecular complexity index is 611. The van der Waals surface area contributed by atoms with Crippen molar-refractivity contribution in [2.45, 2.75) is 0 Å². The number of hydrogen-bond donors (Lipinski definition) is 1. The number of hydrogen-bond acceptors (Lipinski definition) is 2. The summed E-state index contributed by atoms with van der Waals surface area (Å²) in [7, 11) is 0. The van der Waals surface area contributed by atoms with Gasteiger partial charge in [0, 0.05) is 5.56 Å². The molecule has 0 aliphatic rings. The Morgan fingerprint density at radius 3 is 2.28 bits per heavy atom. The van der Waals surface area contributed by atoms with E-state index in [9.17, 15) is 9.18 Å². The van der Waals surface area contributed by atoms with Gasteiger partial charge in [-0.05, 0) is 24.3 Å². The molecule has 2 aromatic rings. The molecule has 6 heteroatoms. The average Bonchev–Trinajstić information content (AvgIpc) is 2.28. The largest absolute Gasteiger partial charge is 0.478 e. The van der Waals surface area contributed by atoms with Gasteiger partial charge in [0.1, 0.15) is 5.56 Å². The van der Waals surface area contributed by atoms with E-state index in [4.69, 9.17) is 28.3 Å². The number of carboxylic acid groups (broad SMARTS) is 1. The molecular weight excluding hydrogens is 280 g/mol. The van der Waals surface area contributed by atoms with Gasteiger partial charge in [-0.15, -0.1) is 0 Å². The highest BCUT2D eigenvalue weighted by Crippen LogP contribution is 2.33. The summed E-state index contributed by atoms with van der Waals surface area (Å²) in [5.74, 6) is -2.45. The molecule has 0 saturated carbocycles. The average molecular weight is 286 g/mol. The molecule has 0 amide bonds. The molecule has 18 heavy (non-hydrogen) atoms. The summed E-state index contributed by atoms with van der Waals surface area (Å²) in [5, 5.41) is 9.34. The van der Waals surface area contributed by atoms with E-state index < -0.39 is 17.5 Å². The van der Waals surface area contributed by atoms with Crippen LogP contribution in [0.2, 0.25) is 10.0 Å². The minimum atomic E-state index is -1.38. The topological polar surface area (TPSA) is 50.2 Å². The van der Waals surface area contributed by atoms with Gasteiger partial charge in [0.15, 0.2) is 0 Å². The third-order valence-corrected chi connectivity index (χ3v) is 2.93. The van der Waals surface area contributed by atoms with E-state index in [2.05, 4.69) is 4.98 Å². The number of aromatic carboxylic acids is 1. The van der Waals surface area contributed by atoms with Gasteiger partial charge >= 0.3 is 5.97 Å². The Balaban J connectivity index is 2.59. The van der Waals surface area contributed by atoms with Crippen molar-refractivity contribution in [1.82, 2.24) is 4.98 Å². The smallest absolute Gasteiger partial charge is 0.340 e. The molecule has 1 N–H and O–H groups in total. The molecule has 0 atom stereocenters. The summed E-state index contributed by atoms with van der Waals surface area (Å²) >= 11 is 11.9. The minimum absolute atomic E-state index is 0.188. The van der Waals surface area contributed by atoms with Crippen molar-refractivity contribution in [3.63, 3.8) is 0 Å². The van der Waals surface area contributed by atoms with Gasteiger partial charge in [-0.3, -0.25) is 0 Å². The van der Waals surface area contributed by atoms with Gasteiger partial charge in [0.05, 0.1) is 15.7 Å². The molecule has 1 heterocycles. The molecular formula is C12H6Cl2FNO2. The molecule has 0 saturated heterocycles. The Labute approximate surface area is 112 Å². The normalized spacial score (nSPS) is 10.4. The number of aromatic nitrogens is 1. The van der Waals surface area contributed by atoms with Crippen LogP contribution in [0.5, 0.6) is 0 Å². The monoisotopic (exact) mass is 285 g/mol. The van der Waals surface area contributed by atoms with E-state index in [1.165, 1.54) is 6.07 Å². The second-order valence-electron chi connectivity index (χ2n) is 3.44. The van der Waals surface area contributed by atoms with E-state index >= 15 is 0 Å². The molecule has 1 aromatic heterocycles. The van der Waals surface area contributed by atoms with Crippen LogP contribution in [-0.4, -0.2) is 16.1 Å². The van der Waals surface area contributed by atoms with Crippen molar-refractivity contribution in [2.75, 3.05) is 0 Å². The number of rotatable bonds is 2. The lowest BCUT2D eigenvalue weighted by molar-refractivity contribution is 0.0691. The predicted octanol–water partition coefficient (Wildman–Crippen LogP) is 3.89. The highest BCUT2D eigenvalue weighted by molar-refractivity contribution is 6.39. The SMILES string of the molecule is O=C(O)c1ccc(-c2c(Cl)cccc2Cl)nc1F. The third kappa shape index (κ3) is 2.30. The number of nitrogens with zero attached hydrogens (tertiary/aromatic N) is 1. The quantitative estimate of drug-likeness (QED) is 0.852. The van der Waals surface area contributed by atoms with Crippen molar-refractivity contribution < 1.29 is 14.3 Å². The number of pyridine rings is 1. The molecule has 92 valence electrons. The Morgan fingerprint density at radius 2 is 1.78 bits per heavy atom. The van der Waals surface area contributed by atoms with E-state index in [-0.39, 0.29) is 5.69 Å². The zero-order valence-electron chi connectivity index (χ0n) is 8.82. The summed E-state index contributed by atoms with van der Waals surface area (Å²) in [6.45, 7) is 0. The zero-order chi connectivity index (χ0) is 13.3. The molecule has 0 aliphatic carbocycles. The second-order valence-corrected chi connectivity index (χ2v) is 4.25. The molecule has 1 aromatic carbocycles. The van der Waals surface area contributed by atoms with Crippen LogP contribution in [0.4, 0.5) is 4.39 Å². The van der Waals surface area contributed by atoms with E-state index in [0.717, 1.165) is 6.07 Å². The number of carbonyl (C=O) groups is 1.